The first-order chi connectivity index (χ1) is 16.4. The summed E-state index contributed by atoms with van der Waals surface area (Å²) in [5, 5.41) is 4.09. The van der Waals surface area contributed by atoms with Crippen molar-refractivity contribution in [2.45, 2.75) is 63.8 Å². The highest BCUT2D eigenvalue weighted by Gasteiger charge is 2.40. The highest BCUT2D eigenvalue weighted by atomic mass is 35.5. The van der Waals surface area contributed by atoms with E-state index in [-0.39, 0.29) is 17.9 Å². The van der Waals surface area contributed by atoms with Crippen molar-refractivity contribution in [2.75, 3.05) is 6.54 Å². The Hall–Kier alpha value is -2.24. The largest absolute Gasteiger partial charge is 0.352 e. The van der Waals surface area contributed by atoms with Crippen LogP contribution in [0.1, 0.15) is 67.4 Å². The second-order valence-electron chi connectivity index (χ2n) is 9.64. The minimum atomic E-state index is -0.0549. The molecule has 0 spiro atoms. The number of carbonyl (C=O) groups excluding carboxylic acids is 2. The second-order valence-corrected chi connectivity index (χ2v) is 11.4. The van der Waals surface area contributed by atoms with Gasteiger partial charge in [0.15, 0.2) is 0 Å². The molecule has 4 rings (SSSR count). The van der Waals surface area contributed by atoms with Crippen LogP contribution in [-0.2, 0) is 11.3 Å². The van der Waals surface area contributed by atoms with Crippen LogP contribution in [0.2, 0.25) is 5.02 Å². The molecule has 0 aromatic heterocycles. The van der Waals surface area contributed by atoms with Gasteiger partial charge in [-0.15, -0.1) is 11.8 Å². The lowest BCUT2D eigenvalue weighted by molar-refractivity contribution is -0.130. The molecule has 1 aliphatic carbocycles. The number of thioether (sulfide) groups is 1. The normalized spacial score (nSPS) is 21.6. The molecule has 2 aromatic carbocycles. The van der Waals surface area contributed by atoms with Crippen molar-refractivity contribution in [3.05, 3.63) is 75.1 Å². The molecule has 2 fully saturated rings. The third kappa shape index (κ3) is 6.25. The average Bonchev–Trinajstić information content (AvgIpc) is 2.82. The summed E-state index contributed by atoms with van der Waals surface area (Å²) in [6.07, 6.45) is 7.49. The van der Waals surface area contributed by atoms with Gasteiger partial charge in [-0.25, -0.2) is 0 Å². The van der Waals surface area contributed by atoms with Crippen molar-refractivity contribution in [3.63, 3.8) is 0 Å². The van der Waals surface area contributed by atoms with Crippen LogP contribution in [0.25, 0.3) is 6.08 Å². The number of carbonyl (C=O) groups is 2. The van der Waals surface area contributed by atoms with Gasteiger partial charge in [0, 0.05) is 35.0 Å². The van der Waals surface area contributed by atoms with Gasteiger partial charge in [-0.1, -0.05) is 62.6 Å². The van der Waals surface area contributed by atoms with E-state index in [1.54, 1.807) is 11.8 Å². The fourth-order valence-corrected chi connectivity index (χ4v) is 6.34. The molecule has 2 aliphatic rings. The molecule has 2 aromatic rings. The fraction of sp³-hybridized carbons (Fsp3) is 0.429. The van der Waals surface area contributed by atoms with Crippen LogP contribution in [0.5, 0.6) is 0 Å². The molecule has 6 heteroatoms. The zero-order chi connectivity index (χ0) is 24.1. The third-order valence-electron chi connectivity index (χ3n) is 6.54. The minimum absolute atomic E-state index is 0.0549. The predicted molar refractivity (Wildman–Crippen MR) is 142 cm³/mol. The molecule has 4 nitrogen and oxygen atoms in total. The van der Waals surface area contributed by atoms with Crippen LogP contribution in [0.15, 0.2) is 53.4 Å². The Bertz CT molecular complexity index is 1050. The van der Waals surface area contributed by atoms with E-state index in [4.69, 9.17) is 11.6 Å². The van der Waals surface area contributed by atoms with Crippen molar-refractivity contribution in [3.8, 4) is 0 Å². The first-order valence-electron chi connectivity index (χ1n) is 12.2. The maximum Gasteiger partial charge on any atom is 0.260 e. The molecule has 0 bridgehead atoms. The van der Waals surface area contributed by atoms with Gasteiger partial charge in [0.2, 0.25) is 0 Å². The fourth-order valence-electron chi connectivity index (χ4n) is 4.65. The number of nitrogens with zero attached hydrogens (tertiary/aromatic N) is 1. The molecular weight excluding hydrogens is 464 g/mol. The van der Waals surface area contributed by atoms with Crippen molar-refractivity contribution in [1.29, 1.82) is 0 Å². The molecule has 2 atom stereocenters. The average molecular weight is 497 g/mol. The van der Waals surface area contributed by atoms with E-state index < -0.39 is 0 Å². The molecular formula is C28H33ClN2O2S. The molecule has 1 saturated carbocycles. The van der Waals surface area contributed by atoms with Crippen molar-refractivity contribution in [1.82, 2.24) is 10.2 Å². The van der Waals surface area contributed by atoms with Crippen molar-refractivity contribution in [2.24, 2.45) is 5.92 Å². The molecule has 180 valence electrons. The molecule has 1 aliphatic heterocycles. The van der Waals surface area contributed by atoms with Crippen LogP contribution < -0.4 is 5.32 Å². The lowest BCUT2D eigenvalue weighted by atomic mass is 9.92. The lowest BCUT2D eigenvalue weighted by Crippen LogP contribution is -2.50. The third-order valence-corrected chi connectivity index (χ3v) is 8.17. The Kier molecular flexibility index (Phi) is 8.38. The maximum atomic E-state index is 13.6. The molecule has 2 unspecified atom stereocenters. The van der Waals surface area contributed by atoms with Gasteiger partial charge in [0.25, 0.3) is 11.8 Å². The van der Waals surface area contributed by atoms with E-state index in [9.17, 15) is 9.59 Å². The van der Waals surface area contributed by atoms with Gasteiger partial charge >= 0.3 is 0 Å². The van der Waals surface area contributed by atoms with Crippen molar-refractivity contribution >= 4 is 41.3 Å². The van der Waals surface area contributed by atoms with Crippen molar-refractivity contribution < 1.29 is 9.59 Å². The Labute approximate surface area is 212 Å². The number of hydrogen-bond acceptors (Lipinski definition) is 3. The number of nitrogens with one attached hydrogen (secondary N) is 1. The number of rotatable bonds is 7. The Balaban J connectivity index is 1.50. The van der Waals surface area contributed by atoms with E-state index in [0.29, 0.717) is 34.8 Å². The van der Waals surface area contributed by atoms with Crippen LogP contribution >= 0.6 is 23.4 Å². The monoisotopic (exact) mass is 496 g/mol. The summed E-state index contributed by atoms with van der Waals surface area (Å²) in [6.45, 7) is 5.54. The number of halogens is 1. The number of benzene rings is 2. The van der Waals surface area contributed by atoms with Crippen LogP contribution in [0.3, 0.4) is 0 Å². The smallest absolute Gasteiger partial charge is 0.260 e. The summed E-state index contributed by atoms with van der Waals surface area (Å²) >= 11 is 7.93. The molecule has 1 N–H and O–H groups in total. The van der Waals surface area contributed by atoms with Gasteiger partial charge in [-0.2, -0.15) is 0 Å². The van der Waals surface area contributed by atoms with Gasteiger partial charge in [-0.3, -0.25) is 9.59 Å². The zero-order valence-electron chi connectivity index (χ0n) is 19.9. The zero-order valence-corrected chi connectivity index (χ0v) is 21.5. The number of hydrogen-bond donors (Lipinski definition) is 1. The summed E-state index contributed by atoms with van der Waals surface area (Å²) in [7, 11) is 0. The van der Waals surface area contributed by atoms with Crippen LogP contribution in [-0.4, -0.2) is 34.6 Å². The Morgan fingerprint density at radius 3 is 2.68 bits per heavy atom. The lowest BCUT2D eigenvalue weighted by Gasteiger charge is -2.44. The van der Waals surface area contributed by atoms with E-state index >= 15 is 0 Å². The summed E-state index contributed by atoms with van der Waals surface area (Å²) in [5.74, 6) is 0.589. The topological polar surface area (TPSA) is 49.4 Å². The standard InChI is InChI=1S/C28H33ClN2O2S/c1-19(2)14-15-30-27(32)22-12-10-20(11-13-22)17-26-28(33)31(18-21-6-5-7-23(29)16-21)24-8-3-4-9-25(24)34-26/h5-7,10-13,16-17,19,24-25H,3-4,8-9,14-15,18H2,1-2H3,(H,30,32)/b26-17+. The Morgan fingerprint density at radius 1 is 1.18 bits per heavy atom. The van der Waals surface area contributed by atoms with Gasteiger partial charge in [0.1, 0.15) is 0 Å². The molecule has 0 radical (unpaired) electrons. The first kappa shape index (κ1) is 24.9. The highest BCUT2D eigenvalue weighted by Crippen LogP contribution is 2.42. The van der Waals surface area contributed by atoms with E-state index in [2.05, 4.69) is 19.2 Å². The van der Waals surface area contributed by atoms with E-state index in [0.717, 1.165) is 35.3 Å². The molecule has 34 heavy (non-hydrogen) atoms. The predicted octanol–water partition coefficient (Wildman–Crippen LogP) is 6.54. The van der Waals surface area contributed by atoms with Crippen LogP contribution in [0, 0.1) is 5.92 Å². The van der Waals surface area contributed by atoms with Gasteiger partial charge < -0.3 is 10.2 Å². The summed E-state index contributed by atoms with van der Waals surface area (Å²) in [4.78, 5) is 28.8. The molecule has 2 amide bonds. The van der Waals surface area contributed by atoms with Gasteiger partial charge in [0.05, 0.1) is 4.91 Å². The number of amides is 2. The van der Waals surface area contributed by atoms with Gasteiger partial charge in [-0.05, 0) is 66.6 Å². The first-order valence-corrected chi connectivity index (χ1v) is 13.5. The SMILES string of the molecule is CC(C)CCNC(=O)c1ccc(/C=C2/SC3CCCCC3N(Cc3cccc(Cl)c3)C2=O)cc1. The summed E-state index contributed by atoms with van der Waals surface area (Å²) < 4.78 is 0. The van der Waals surface area contributed by atoms with E-state index in [1.807, 2.05) is 59.5 Å². The highest BCUT2D eigenvalue weighted by molar-refractivity contribution is 8.04. The quantitative estimate of drug-likeness (QED) is 0.442. The molecule has 1 saturated heterocycles. The number of fused-ring (bicyclic) bond motifs is 1. The minimum Gasteiger partial charge on any atom is -0.352 e. The maximum absolute atomic E-state index is 13.6. The summed E-state index contributed by atoms with van der Waals surface area (Å²) in [6, 6.07) is 15.6. The van der Waals surface area contributed by atoms with E-state index in [1.165, 1.54) is 12.8 Å². The van der Waals surface area contributed by atoms with Crippen LogP contribution in [0.4, 0.5) is 0 Å². The second kappa shape index (κ2) is 11.5. The molecule has 1 heterocycles. The Morgan fingerprint density at radius 2 is 1.94 bits per heavy atom. The summed E-state index contributed by atoms with van der Waals surface area (Å²) in [5.41, 5.74) is 2.64.